The lowest BCUT2D eigenvalue weighted by Gasteiger charge is -1.98. The van der Waals surface area contributed by atoms with Gasteiger partial charge in [0.15, 0.2) is 0 Å². The molecule has 132 valence electrons. The zero-order chi connectivity index (χ0) is 18.5. The summed E-state index contributed by atoms with van der Waals surface area (Å²) in [6.45, 7) is 0.0425. The minimum Gasteiger partial charge on any atom is -0.508 e. The number of nitrogens with one attached hydrogen (secondary N) is 1. The normalized spacial score (nSPS) is 10.4. The third-order valence-electron chi connectivity index (χ3n) is 2.96. The minimum atomic E-state index is -0.555. The van der Waals surface area contributed by atoms with E-state index < -0.39 is 5.91 Å². The molecule has 0 fully saturated rings. The first kappa shape index (κ1) is 20.0. The van der Waals surface area contributed by atoms with Crippen molar-refractivity contribution in [1.29, 1.82) is 0 Å². The van der Waals surface area contributed by atoms with Gasteiger partial charge in [-0.1, -0.05) is 36.4 Å². The van der Waals surface area contributed by atoms with Crippen LogP contribution in [0.1, 0.15) is 11.1 Å². The molecule has 0 heterocycles. The van der Waals surface area contributed by atoms with Crippen LogP contribution in [-0.2, 0) is 4.79 Å². The number of aliphatic hydroxyl groups is 1. The van der Waals surface area contributed by atoms with Gasteiger partial charge in [0.1, 0.15) is 11.5 Å². The number of carbonyl (C=O) groups is 1. The van der Waals surface area contributed by atoms with Gasteiger partial charge in [-0.15, -0.1) is 0 Å². The predicted octanol–water partition coefficient (Wildman–Crippen LogP) is 2.61. The van der Waals surface area contributed by atoms with Crippen LogP contribution in [0, 0.1) is 0 Å². The second-order valence-corrected chi connectivity index (χ2v) is 4.76. The zero-order valence-electron chi connectivity index (χ0n) is 13.8. The SMILES string of the molecule is COc1ccc(/C=C/C(=O)NO)cc1.OC/C=C/c1ccc(O)cc1. The molecule has 2 aromatic rings. The van der Waals surface area contributed by atoms with Crippen LogP contribution in [0.2, 0.25) is 0 Å². The molecule has 0 unspecified atom stereocenters. The van der Waals surface area contributed by atoms with Gasteiger partial charge in [0.25, 0.3) is 5.91 Å². The van der Waals surface area contributed by atoms with Crippen LogP contribution in [0.4, 0.5) is 0 Å². The summed E-state index contributed by atoms with van der Waals surface area (Å²) in [6, 6.07) is 14.0. The van der Waals surface area contributed by atoms with Gasteiger partial charge in [0, 0.05) is 6.08 Å². The Morgan fingerprint density at radius 3 is 2.12 bits per heavy atom. The van der Waals surface area contributed by atoms with E-state index in [1.165, 1.54) is 11.6 Å². The summed E-state index contributed by atoms with van der Waals surface area (Å²) in [5, 5.41) is 25.6. The maximum Gasteiger partial charge on any atom is 0.267 e. The number of phenolic OH excluding ortho intramolecular Hbond substituents is 1. The number of phenols is 1. The summed E-state index contributed by atoms with van der Waals surface area (Å²) >= 11 is 0. The average molecular weight is 343 g/mol. The van der Waals surface area contributed by atoms with Gasteiger partial charge in [-0.3, -0.25) is 10.0 Å². The van der Waals surface area contributed by atoms with Crippen molar-refractivity contribution >= 4 is 18.1 Å². The third-order valence-corrected chi connectivity index (χ3v) is 2.96. The standard InChI is InChI=1S/C10H11NO3.C9H10O2/c1-14-9-5-2-8(3-6-9)4-7-10(12)11-13;10-7-1-2-8-3-5-9(11)6-4-8/h2-7,13H,1H3,(H,11,12);1-6,10-11H,7H2/b7-4+;2-1+. The highest BCUT2D eigenvalue weighted by Gasteiger charge is 1.92. The molecule has 4 N–H and O–H groups in total. The maximum atomic E-state index is 10.6. The van der Waals surface area contributed by atoms with Crippen molar-refractivity contribution in [1.82, 2.24) is 5.48 Å². The fourth-order valence-corrected chi connectivity index (χ4v) is 1.70. The number of aliphatic hydroxyl groups excluding tert-OH is 1. The fourth-order valence-electron chi connectivity index (χ4n) is 1.70. The molecule has 6 nitrogen and oxygen atoms in total. The van der Waals surface area contributed by atoms with Crippen molar-refractivity contribution in [2.75, 3.05) is 13.7 Å². The number of methoxy groups -OCH3 is 1. The van der Waals surface area contributed by atoms with E-state index in [1.807, 2.05) is 0 Å². The second-order valence-electron chi connectivity index (χ2n) is 4.76. The average Bonchev–Trinajstić information content (AvgIpc) is 2.66. The summed E-state index contributed by atoms with van der Waals surface area (Å²) in [5.74, 6) is 0.459. The highest BCUT2D eigenvalue weighted by molar-refractivity contribution is 5.90. The number of hydrogen-bond acceptors (Lipinski definition) is 5. The van der Waals surface area contributed by atoms with Crippen molar-refractivity contribution in [3.8, 4) is 11.5 Å². The molecular weight excluding hydrogens is 322 g/mol. The van der Waals surface area contributed by atoms with Gasteiger partial charge in [0.2, 0.25) is 0 Å². The molecule has 25 heavy (non-hydrogen) atoms. The smallest absolute Gasteiger partial charge is 0.267 e. The van der Waals surface area contributed by atoms with E-state index in [-0.39, 0.29) is 12.4 Å². The van der Waals surface area contributed by atoms with Gasteiger partial charge in [-0.25, -0.2) is 5.48 Å². The first-order chi connectivity index (χ1) is 12.1. The van der Waals surface area contributed by atoms with E-state index >= 15 is 0 Å². The van der Waals surface area contributed by atoms with E-state index in [0.717, 1.165) is 16.9 Å². The van der Waals surface area contributed by atoms with E-state index in [0.29, 0.717) is 0 Å². The van der Waals surface area contributed by atoms with Gasteiger partial charge in [-0.2, -0.15) is 0 Å². The topological polar surface area (TPSA) is 99.0 Å². The van der Waals surface area contributed by atoms with Crippen molar-refractivity contribution in [3.05, 3.63) is 71.8 Å². The van der Waals surface area contributed by atoms with Crippen LogP contribution in [0.5, 0.6) is 11.5 Å². The highest BCUT2D eigenvalue weighted by Crippen LogP contribution is 2.12. The first-order valence-corrected chi connectivity index (χ1v) is 7.41. The van der Waals surface area contributed by atoms with Gasteiger partial charge >= 0.3 is 0 Å². The Bertz CT molecular complexity index is 691. The van der Waals surface area contributed by atoms with Crippen molar-refractivity contribution in [2.24, 2.45) is 0 Å². The number of hydrogen-bond donors (Lipinski definition) is 4. The quantitative estimate of drug-likeness (QED) is 0.380. The molecule has 0 aromatic heterocycles. The second kappa shape index (κ2) is 11.4. The molecule has 0 bridgehead atoms. The number of hydroxylamine groups is 1. The van der Waals surface area contributed by atoms with Crippen LogP contribution in [-0.4, -0.2) is 35.0 Å². The lowest BCUT2D eigenvalue weighted by molar-refractivity contribution is -0.124. The number of ether oxygens (including phenoxy) is 1. The highest BCUT2D eigenvalue weighted by atomic mass is 16.5. The molecule has 0 radical (unpaired) electrons. The molecule has 2 rings (SSSR count). The Balaban J connectivity index is 0.000000257. The van der Waals surface area contributed by atoms with E-state index in [4.69, 9.17) is 20.2 Å². The molecule has 0 saturated heterocycles. The lowest BCUT2D eigenvalue weighted by Crippen LogP contribution is -2.14. The maximum absolute atomic E-state index is 10.6. The molecular formula is C19H21NO5. The molecule has 6 heteroatoms. The van der Waals surface area contributed by atoms with E-state index in [9.17, 15) is 4.79 Å². The van der Waals surface area contributed by atoms with Crippen LogP contribution >= 0.6 is 0 Å². The minimum absolute atomic E-state index is 0.0425. The first-order valence-electron chi connectivity index (χ1n) is 7.41. The Morgan fingerprint density at radius 2 is 1.60 bits per heavy atom. The number of rotatable bonds is 5. The monoisotopic (exact) mass is 343 g/mol. The number of benzene rings is 2. The molecule has 0 saturated carbocycles. The van der Waals surface area contributed by atoms with E-state index in [2.05, 4.69) is 0 Å². The Kier molecular flexibility index (Phi) is 9.14. The Morgan fingerprint density at radius 1 is 1.04 bits per heavy atom. The summed E-state index contributed by atoms with van der Waals surface area (Å²) in [4.78, 5) is 10.6. The molecule has 0 aliphatic heterocycles. The van der Waals surface area contributed by atoms with Crippen molar-refractivity contribution in [3.63, 3.8) is 0 Å². The molecule has 0 atom stereocenters. The number of carbonyl (C=O) groups excluding carboxylic acids is 1. The van der Waals surface area contributed by atoms with Gasteiger partial charge < -0.3 is 14.9 Å². The van der Waals surface area contributed by atoms with Crippen LogP contribution in [0.25, 0.3) is 12.2 Å². The van der Waals surface area contributed by atoms with Crippen LogP contribution < -0.4 is 10.2 Å². The third kappa shape index (κ3) is 8.36. The van der Waals surface area contributed by atoms with Crippen molar-refractivity contribution < 1.29 is 25.0 Å². The molecule has 0 aliphatic rings. The van der Waals surface area contributed by atoms with Gasteiger partial charge in [-0.05, 0) is 41.5 Å². The van der Waals surface area contributed by atoms with E-state index in [1.54, 1.807) is 73.9 Å². The molecule has 0 aliphatic carbocycles. The Hall–Kier alpha value is -3.09. The predicted molar refractivity (Wildman–Crippen MR) is 96.2 cm³/mol. The summed E-state index contributed by atoms with van der Waals surface area (Å²) < 4.78 is 4.97. The summed E-state index contributed by atoms with van der Waals surface area (Å²) in [7, 11) is 1.59. The summed E-state index contributed by atoms with van der Waals surface area (Å²) in [5.41, 5.74) is 3.33. The Labute approximate surface area is 146 Å². The number of amides is 1. The largest absolute Gasteiger partial charge is 0.508 e. The fraction of sp³-hybridized carbons (Fsp3) is 0.105. The molecule has 2 aromatic carbocycles. The molecule has 1 amide bonds. The van der Waals surface area contributed by atoms with Crippen LogP contribution in [0.3, 0.4) is 0 Å². The summed E-state index contributed by atoms with van der Waals surface area (Å²) in [6.07, 6.45) is 6.26. The van der Waals surface area contributed by atoms with Crippen molar-refractivity contribution in [2.45, 2.75) is 0 Å². The van der Waals surface area contributed by atoms with Gasteiger partial charge in [0.05, 0.1) is 13.7 Å². The zero-order valence-corrected chi connectivity index (χ0v) is 13.8. The molecule has 0 spiro atoms. The lowest BCUT2D eigenvalue weighted by atomic mass is 10.2. The number of aromatic hydroxyl groups is 1. The van der Waals surface area contributed by atoms with Crippen LogP contribution in [0.15, 0.2) is 60.7 Å².